The molecule has 0 fully saturated rings. The Morgan fingerprint density at radius 2 is 2.12 bits per heavy atom. The Balaban J connectivity index is 2.19. The topological polar surface area (TPSA) is 45.8 Å². The standard InChI is InChI=1S/C13H14N2O/c1-10(6-9-16)11-2-4-12(5-3-11)13-14-7-8-15-13/h2-5,7-10H,6H2,1H3,(H,14,15). The van der Waals surface area contributed by atoms with E-state index in [-0.39, 0.29) is 5.92 Å². The second kappa shape index (κ2) is 4.75. The van der Waals surface area contributed by atoms with Crippen LogP contribution in [-0.4, -0.2) is 16.3 Å². The van der Waals surface area contributed by atoms with Crippen LogP contribution in [0.25, 0.3) is 11.4 Å². The smallest absolute Gasteiger partial charge is 0.137 e. The van der Waals surface area contributed by atoms with Gasteiger partial charge in [-0.1, -0.05) is 31.2 Å². The van der Waals surface area contributed by atoms with Crippen LogP contribution in [0.5, 0.6) is 0 Å². The van der Waals surface area contributed by atoms with Crippen LogP contribution < -0.4 is 0 Å². The lowest BCUT2D eigenvalue weighted by Crippen LogP contribution is -1.94. The molecule has 0 bridgehead atoms. The Morgan fingerprint density at radius 3 is 2.69 bits per heavy atom. The lowest BCUT2D eigenvalue weighted by molar-refractivity contribution is -0.108. The van der Waals surface area contributed by atoms with Crippen molar-refractivity contribution < 1.29 is 4.79 Å². The van der Waals surface area contributed by atoms with Gasteiger partial charge in [0.2, 0.25) is 0 Å². The number of H-pyrrole nitrogens is 1. The molecular formula is C13H14N2O. The number of imidazole rings is 1. The molecule has 0 saturated carbocycles. The highest BCUT2D eigenvalue weighted by molar-refractivity contribution is 5.56. The molecule has 82 valence electrons. The van der Waals surface area contributed by atoms with E-state index in [1.165, 1.54) is 5.56 Å². The van der Waals surface area contributed by atoms with Crippen LogP contribution in [0.1, 0.15) is 24.8 Å². The van der Waals surface area contributed by atoms with Gasteiger partial charge in [-0.3, -0.25) is 0 Å². The summed E-state index contributed by atoms with van der Waals surface area (Å²) in [6.45, 7) is 2.05. The minimum absolute atomic E-state index is 0.281. The van der Waals surface area contributed by atoms with E-state index in [0.717, 1.165) is 17.7 Å². The lowest BCUT2D eigenvalue weighted by Gasteiger charge is -2.08. The molecule has 16 heavy (non-hydrogen) atoms. The summed E-state index contributed by atoms with van der Waals surface area (Å²) in [5.41, 5.74) is 2.24. The first-order valence-electron chi connectivity index (χ1n) is 5.34. The summed E-state index contributed by atoms with van der Waals surface area (Å²) in [5, 5.41) is 0. The van der Waals surface area contributed by atoms with Gasteiger partial charge in [0.05, 0.1) is 0 Å². The molecule has 3 heteroatoms. The van der Waals surface area contributed by atoms with E-state index in [0.29, 0.717) is 6.42 Å². The van der Waals surface area contributed by atoms with Crippen molar-refractivity contribution in [1.29, 1.82) is 0 Å². The SMILES string of the molecule is CC(CC=O)c1ccc(-c2ncc[nH]2)cc1. The summed E-state index contributed by atoms with van der Waals surface area (Å²) in [4.78, 5) is 17.7. The highest BCUT2D eigenvalue weighted by Crippen LogP contribution is 2.21. The normalized spacial score (nSPS) is 12.3. The first-order chi connectivity index (χ1) is 7.81. The van der Waals surface area contributed by atoms with E-state index in [9.17, 15) is 4.79 Å². The quantitative estimate of drug-likeness (QED) is 0.795. The highest BCUT2D eigenvalue weighted by Gasteiger charge is 2.05. The second-order valence-electron chi connectivity index (χ2n) is 3.86. The minimum atomic E-state index is 0.281. The third-order valence-electron chi connectivity index (χ3n) is 2.70. The number of carbonyl (C=O) groups excluding carboxylic acids is 1. The van der Waals surface area contributed by atoms with Gasteiger partial charge in [0.25, 0.3) is 0 Å². The summed E-state index contributed by atoms with van der Waals surface area (Å²) >= 11 is 0. The largest absolute Gasteiger partial charge is 0.345 e. The highest BCUT2D eigenvalue weighted by atomic mass is 16.1. The van der Waals surface area contributed by atoms with E-state index in [4.69, 9.17) is 0 Å². The Morgan fingerprint density at radius 1 is 1.38 bits per heavy atom. The molecule has 0 amide bonds. The Labute approximate surface area is 94.5 Å². The zero-order valence-electron chi connectivity index (χ0n) is 9.18. The third kappa shape index (κ3) is 2.19. The summed E-state index contributed by atoms with van der Waals surface area (Å²) in [7, 11) is 0. The van der Waals surface area contributed by atoms with Gasteiger partial charge in [0.15, 0.2) is 0 Å². The van der Waals surface area contributed by atoms with Crippen molar-refractivity contribution in [3.8, 4) is 11.4 Å². The minimum Gasteiger partial charge on any atom is -0.345 e. The number of rotatable bonds is 4. The van der Waals surface area contributed by atoms with Gasteiger partial charge in [-0.15, -0.1) is 0 Å². The molecule has 0 aliphatic rings. The van der Waals surface area contributed by atoms with E-state index in [1.807, 2.05) is 24.3 Å². The number of carbonyl (C=O) groups is 1. The summed E-state index contributed by atoms with van der Waals surface area (Å²) in [6.07, 6.45) is 5.07. The molecular weight excluding hydrogens is 200 g/mol. The van der Waals surface area contributed by atoms with Crippen LogP contribution in [0.2, 0.25) is 0 Å². The maximum absolute atomic E-state index is 10.4. The van der Waals surface area contributed by atoms with Crippen molar-refractivity contribution in [1.82, 2.24) is 9.97 Å². The maximum Gasteiger partial charge on any atom is 0.137 e. The summed E-state index contributed by atoms with van der Waals surface area (Å²) in [6, 6.07) is 8.14. The molecule has 1 heterocycles. The van der Waals surface area contributed by atoms with Crippen molar-refractivity contribution in [2.75, 3.05) is 0 Å². The molecule has 1 N–H and O–H groups in total. The van der Waals surface area contributed by atoms with Gasteiger partial charge in [-0.05, 0) is 11.5 Å². The Hall–Kier alpha value is -1.90. The monoisotopic (exact) mass is 214 g/mol. The Kier molecular flexibility index (Phi) is 3.15. The number of hydrogen-bond acceptors (Lipinski definition) is 2. The molecule has 1 aromatic heterocycles. The third-order valence-corrected chi connectivity index (χ3v) is 2.70. The molecule has 1 atom stereocenters. The van der Waals surface area contributed by atoms with Crippen molar-refractivity contribution >= 4 is 6.29 Å². The van der Waals surface area contributed by atoms with Crippen LogP contribution in [0.15, 0.2) is 36.7 Å². The zero-order valence-corrected chi connectivity index (χ0v) is 9.18. The van der Waals surface area contributed by atoms with Gasteiger partial charge < -0.3 is 9.78 Å². The molecule has 2 aromatic rings. The van der Waals surface area contributed by atoms with Gasteiger partial charge in [0.1, 0.15) is 12.1 Å². The first-order valence-corrected chi connectivity index (χ1v) is 5.34. The molecule has 1 aromatic carbocycles. The second-order valence-corrected chi connectivity index (χ2v) is 3.86. The Bertz CT molecular complexity index is 445. The van der Waals surface area contributed by atoms with Crippen LogP contribution in [0, 0.1) is 0 Å². The average molecular weight is 214 g/mol. The lowest BCUT2D eigenvalue weighted by atomic mass is 9.97. The number of aldehydes is 1. The fourth-order valence-corrected chi connectivity index (χ4v) is 1.67. The van der Waals surface area contributed by atoms with E-state index < -0.39 is 0 Å². The van der Waals surface area contributed by atoms with Crippen LogP contribution in [0.3, 0.4) is 0 Å². The van der Waals surface area contributed by atoms with E-state index in [1.54, 1.807) is 12.4 Å². The fourth-order valence-electron chi connectivity index (χ4n) is 1.67. The van der Waals surface area contributed by atoms with Crippen molar-refractivity contribution in [3.05, 3.63) is 42.2 Å². The zero-order chi connectivity index (χ0) is 11.4. The molecule has 2 rings (SSSR count). The molecule has 0 saturated heterocycles. The predicted octanol–water partition coefficient (Wildman–Crippen LogP) is 2.77. The number of benzene rings is 1. The van der Waals surface area contributed by atoms with Gasteiger partial charge in [-0.2, -0.15) is 0 Å². The van der Waals surface area contributed by atoms with Gasteiger partial charge >= 0.3 is 0 Å². The molecule has 3 nitrogen and oxygen atoms in total. The summed E-state index contributed by atoms with van der Waals surface area (Å²) in [5.74, 6) is 1.15. The number of nitrogens with zero attached hydrogens (tertiary/aromatic N) is 1. The first kappa shape index (κ1) is 10.6. The van der Waals surface area contributed by atoms with E-state index >= 15 is 0 Å². The van der Waals surface area contributed by atoms with Crippen molar-refractivity contribution in [3.63, 3.8) is 0 Å². The number of aromatic amines is 1. The number of aromatic nitrogens is 2. The molecule has 0 aliphatic heterocycles. The van der Waals surface area contributed by atoms with Crippen molar-refractivity contribution in [2.24, 2.45) is 0 Å². The van der Waals surface area contributed by atoms with Crippen LogP contribution >= 0.6 is 0 Å². The van der Waals surface area contributed by atoms with Crippen molar-refractivity contribution in [2.45, 2.75) is 19.3 Å². The fraction of sp³-hybridized carbons (Fsp3) is 0.231. The maximum atomic E-state index is 10.4. The predicted molar refractivity (Wildman–Crippen MR) is 63.1 cm³/mol. The number of nitrogens with one attached hydrogen (secondary N) is 1. The molecule has 0 spiro atoms. The molecule has 0 radical (unpaired) electrons. The molecule has 1 unspecified atom stereocenters. The molecule has 0 aliphatic carbocycles. The van der Waals surface area contributed by atoms with Gasteiger partial charge in [-0.25, -0.2) is 4.98 Å². The van der Waals surface area contributed by atoms with Crippen LogP contribution in [0.4, 0.5) is 0 Å². The summed E-state index contributed by atoms with van der Waals surface area (Å²) < 4.78 is 0. The van der Waals surface area contributed by atoms with E-state index in [2.05, 4.69) is 16.9 Å². The average Bonchev–Trinajstić information content (AvgIpc) is 2.83. The number of hydrogen-bond donors (Lipinski definition) is 1. The van der Waals surface area contributed by atoms with Crippen LogP contribution in [-0.2, 0) is 4.79 Å². The van der Waals surface area contributed by atoms with Gasteiger partial charge in [0, 0.05) is 24.4 Å².